The van der Waals surface area contributed by atoms with Gasteiger partial charge >= 0.3 is 5.97 Å². The minimum absolute atomic E-state index is 0.0859. The monoisotopic (exact) mass is 318 g/mol. The molecule has 0 spiro atoms. The fourth-order valence-corrected chi connectivity index (χ4v) is 1.95. The molecule has 1 aromatic rings. The molecule has 0 heterocycles. The molecule has 0 atom stereocenters. The number of rotatable bonds is 6. The Morgan fingerprint density at radius 3 is 2.67 bits per heavy atom. The second-order valence-electron chi connectivity index (χ2n) is 3.44. The van der Waals surface area contributed by atoms with Crippen molar-refractivity contribution in [3.8, 4) is 11.5 Å². The summed E-state index contributed by atoms with van der Waals surface area (Å²) in [7, 11) is 2.84. The van der Waals surface area contributed by atoms with Crippen LogP contribution >= 0.6 is 15.9 Å². The molecule has 0 amide bonds. The van der Waals surface area contributed by atoms with Crippen LogP contribution in [0.3, 0.4) is 0 Å². The first-order chi connectivity index (χ1) is 8.62. The fourth-order valence-electron chi connectivity index (χ4n) is 1.34. The average molecular weight is 319 g/mol. The summed E-state index contributed by atoms with van der Waals surface area (Å²) in [5.41, 5.74) is 0.707. The Morgan fingerprint density at radius 1 is 1.39 bits per heavy atom. The number of esters is 1. The van der Waals surface area contributed by atoms with Crippen LogP contribution in [0.2, 0.25) is 0 Å². The summed E-state index contributed by atoms with van der Waals surface area (Å²) in [5, 5.41) is 9.08. The van der Waals surface area contributed by atoms with Crippen LogP contribution in [0.15, 0.2) is 16.6 Å². The quantitative estimate of drug-likeness (QED) is 0.811. The lowest BCUT2D eigenvalue weighted by Crippen LogP contribution is -2.08. The molecule has 1 aromatic carbocycles. The molecule has 0 unspecified atom stereocenters. The molecule has 0 saturated carbocycles. The summed E-state index contributed by atoms with van der Waals surface area (Å²) in [6.07, 6.45) is 0.161. The Balaban J connectivity index is 2.78. The van der Waals surface area contributed by atoms with Gasteiger partial charge in [0.05, 0.1) is 38.3 Å². The molecule has 0 aliphatic carbocycles. The van der Waals surface area contributed by atoms with E-state index in [0.29, 0.717) is 21.5 Å². The van der Waals surface area contributed by atoms with Crippen molar-refractivity contribution in [1.29, 1.82) is 0 Å². The van der Waals surface area contributed by atoms with E-state index in [1.54, 1.807) is 12.1 Å². The molecule has 0 fully saturated rings. The van der Waals surface area contributed by atoms with Gasteiger partial charge in [-0.05, 0) is 33.6 Å². The first kappa shape index (κ1) is 14.8. The maximum Gasteiger partial charge on any atom is 0.308 e. The van der Waals surface area contributed by atoms with E-state index in [2.05, 4.69) is 20.7 Å². The Morgan fingerprint density at radius 2 is 2.11 bits per heavy atom. The van der Waals surface area contributed by atoms with E-state index in [9.17, 15) is 4.79 Å². The summed E-state index contributed by atoms with van der Waals surface area (Å²) in [6.45, 7) is 0.109. The van der Waals surface area contributed by atoms with Crippen LogP contribution in [0.1, 0.15) is 12.0 Å². The van der Waals surface area contributed by atoms with Gasteiger partial charge in [-0.25, -0.2) is 0 Å². The molecule has 0 aliphatic rings. The summed E-state index contributed by atoms with van der Waals surface area (Å²) < 4.78 is 15.8. The summed E-state index contributed by atoms with van der Waals surface area (Å²) >= 11 is 3.33. The SMILES string of the molecule is COC(=O)CCOc1c(Br)cc(CO)cc1OC. The standard InChI is InChI=1S/C12H15BrO5/c1-16-10-6-8(7-14)5-9(13)12(10)18-4-3-11(15)17-2/h5-6,14H,3-4,7H2,1-2H3. The van der Waals surface area contributed by atoms with Crippen molar-refractivity contribution in [2.75, 3.05) is 20.8 Å². The zero-order chi connectivity index (χ0) is 13.5. The molecule has 0 aromatic heterocycles. The van der Waals surface area contributed by atoms with Gasteiger partial charge in [-0.1, -0.05) is 0 Å². The van der Waals surface area contributed by atoms with Gasteiger partial charge in [0.15, 0.2) is 11.5 Å². The third-order valence-electron chi connectivity index (χ3n) is 2.25. The predicted octanol–water partition coefficient (Wildman–Crippen LogP) is 1.89. The zero-order valence-corrected chi connectivity index (χ0v) is 11.8. The van der Waals surface area contributed by atoms with Crippen LogP contribution in [-0.4, -0.2) is 31.9 Å². The Bertz CT molecular complexity index is 419. The zero-order valence-electron chi connectivity index (χ0n) is 10.2. The van der Waals surface area contributed by atoms with Crippen LogP contribution in [0.4, 0.5) is 0 Å². The van der Waals surface area contributed by atoms with E-state index in [4.69, 9.17) is 14.6 Å². The van der Waals surface area contributed by atoms with Crippen molar-refractivity contribution in [2.45, 2.75) is 13.0 Å². The van der Waals surface area contributed by atoms with Gasteiger partial charge in [0.25, 0.3) is 0 Å². The molecule has 5 nitrogen and oxygen atoms in total. The van der Waals surface area contributed by atoms with Gasteiger partial charge in [-0.2, -0.15) is 0 Å². The lowest BCUT2D eigenvalue weighted by Gasteiger charge is -2.13. The van der Waals surface area contributed by atoms with E-state index >= 15 is 0 Å². The summed E-state index contributed by atoms with van der Waals surface area (Å²) in [5.74, 6) is 0.661. The van der Waals surface area contributed by atoms with Crippen molar-refractivity contribution >= 4 is 21.9 Å². The Kier molecular flexibility index (Phi) is 5.94. The number of carbonyl (C=O) groups is 1. The van der Waals surface area contributed by atoms with Gasteiger partial charge in [-0.15, -0.1) is 0 Å². The normalized spacial score (nSPS) is 10.0. The van der Waals surface area contributed by atoms with Crippen molar-refractivity contribution in [2.24, 2.45) is 0 Å². The fraction of sp³-hybridized carbons (Fsp3) is 0.417. The second kappa shape index (κ2) is 7.23. The molecule has 18 heavy (non-hydrogen) atoms. The van der Waals surface area contributed by atoms with Crippen molar-refractivity contribution < 1.29 is 24.1 Å². The van der Waals surface area contributed by atoms with E-state index < -0.39 is 0 Å². The molecular formula is C12H15BrO5. The van der Waals surface area contributed by atoms with E-state index in [1.165, 1.54) is 14.2 Å². The maximum absolute atomic E-state index is 11.0. The highest BCUT2D eigenvalue weighted by molar-refractivity contribution is 9.10. The van der Waals surface area contributed by atoms with Gasteiger partial charge in [-0.3, -0.25) is 4.79 Å². The molecular weight excluding hydrogens is 304 g/mol. The molecule has 0 bridgehead atoms. The molecule has 1 rings (SSSR count). The molecule has 100 valence electrons. The topological polar surface area (TPSA) is 65.0 Å². The lowest BCUT2D eigenvalue weighted by atomic mass is 10.2. The van der Waals surface area contributed by atoms with Gasteiger partial charge < -0.3 is 19.3 Å². The number of benzene rings is 1. The number of methoxy groups -OCH3 is 2. The highest BCUT2D eigenvalue weighted by Gasteiger charge is 2.12. The van der Waals surface area contributed by atoms with E-state index in [0.717, 1.165) is 0 Å². The van der Waals surface area contributed by atoms with Gasteiger partial charge in [0.1, 0.15) is 0 Å². The minimum atomic E-state index is -0.336. The number of halogens is 1. The molecule has 6 heteroatoms. The molecule has 0 radical (unpaired) electrons. The largest absolute Gasteiger partial charge is 0.493 e. The minimum Gasteiger partial charge on any atom is -0.493 e. The summed E-state index contributed by atoms with van der Waals surface area (Å²) in [4.78, 5) is 11.0. The number of ether oxygens (including phenoxy) is 3. The first-order valence-corrected chi connectivity index (χ1v) is 6.08. The van der Waals surface area contributed by atoms with Crippen molar-refractivity contribution in [1.82, 2.24) is 0 Å². The van der Waals surface area contributed by atoms with E-state index in [-0.39, 0.29) is 25.6 Å². The van der Waals surface area contributed by atoms with Crippen LogP contribution in [0, 0.1) is 0 Å². The highest BCUT2D eigenvalue weighted by Crippen LogP contribution is 2.36. The number of hydrogen-bond donors (Lipinski definition) is 1. The lowest BCUT2D eigenvalue weighted by molar-refractivity contribution is -0.141. The average Bonchev–Trinajstić information content (AvgIpc) is 2.39. The van der Waals surface area contributed by atoms with Crippen molar-refractivity contribution in [3.05, 3.63) is 22.2 Å². The third kappa shape index (κ3) is 3.89. The van der Waals surface area contributed by atoms with E-state index in [1.807, 2.05) is 0 Å². The molecule has 0 aliphatic heterocycles. The maximum atomic E-state index is 11.0. The third-order valence-corrected chi connectivity index (χ3v) is 2.84. The first-order valence-electron chi connectivity index (χ1n) is 5.29. The molecule has 1 N–H and O–H groups in total. The Hall–Kier alpha value is -1.27. The highest BCUT2D eigenvalue weighted by atomic mass is 79.9. The van der Waals surface area contributed by atoms with Gasteiger partial charge in [0, 0.05) is 0 Å². The second-order valence-corrected chi connectivity index (χ2v) is 4.30. The summed E-state index contributed by atoms with van der Waals surface area (Å²) in [6, 6.07) is 3.41. The smallest absolute Gasteiger partial charge is 0.308 e. The number of carbonyl (C=O) groups excluding carboxylic acids is 1. The Labute approximate surface area is 114 Å². The number of aliphatic hydroxyl groups excluding tert-OH is 1. The van der Waals surface area contributed by atoms with Crippen LogP contribution in [0.25, 0.3) is 0 Å². The number of aliphatic hydroxyl groups is 1. The predicted molar refractivity (Wildman–Crippen MR) is 68.7 cm³/mol. The molecule has 0 saturated heterocycles. The van der Waals surface area contributed by atoms with Crippen molar-refractivity contribution in [3.63, 3.8) is 0 Å². The number of hydrogen-bond acceptors (Lipinski definition) is 5. The van der Waals surface area contributed by atoms with Gasteiger partial charge in [0.2, 0.25) is 0 Å². The van der Waals surface area contributed by atoms with Crippen LogP contribution in [-0.2, 0) is 16.1 Å². The van der Waals surface area contributed by atoms with Crippen LogP contribution in [0.5, 0.6) is 11.5 Å². The van der Waals surface area contributed by atoms with Crippen LogP contribution < -0.4 is 9.47 Å².